The summed E-state index contributed by atoms with van der Waals surface area (Å²) in [6, 6.07) is 6.79. The molecule has 1 heterocycles. The molecule has 1 fully saturated rings. The molecule has 1 aromatic carbocycles. The molecule has 0 saturated carbocycles. The molecule has 7 nitrogen and oxygen atoms in total. The number of aliphatic hydroxyl groups is 3. The first-order valence-electron chi connectivity index (χ1n) is 9.59. The summed E-state index contributed by atoms with van der Waals surface area (Å²) in [4.78, 5) is 2.36. The van der Waals surface area contributed by atoms with Gasteiger partial charge in [0.1, 0.15) is 0 Å². The van der Waals surface area contributed by atoms with Crippen LogP contribution in [0.15, 0.2) is 29.2 Å². The van der Waals surface area contributed by atoms with Crippen LogP contribution in [-0.4, -0.2) is 73.6 Å². The number of sulfonamides is 1. The van der Waals surface area contributed by atoms with Gasteiger partial charge in [-0.15, -0.1) is 0 Å². The highest BCUT2D eigenvalue weighted by Gasteiger charge is 2.33. The van der Waals surface area contributed by atoms with E-state index in [4.69, 9.17) is 0 Å². The minimum Gasteiger partial charge on any atom is -0.396 e. The van der Waals surface area contributed by atoms with Crippen LogP contribution in [0.5, 0.6) is 0 Å². The van der Waals surface area contributed by atoms with E-state index < -0.39 is 22.2 Å². The number of piperidine rings is 1. The maximum absolute atomic E-state index is 12.2. The molecule has 1 saturated heterocycles. The van der Waals surface area contributed by atoms with E-state index in [-0.39, 0.29) is 17.4 Å². The van der Waals surface area contributed by atoms with E-state index in [9.17, 15) is 23.7 Å². The summed E-state index contributed by atoms with van der Waals surface area (Å²) in [7, 11) is -3.44. The fraction of sp³-hybridized carbons (Fsp3) is 0.684. The molecule has 27 heavy (non-hydrogen) atoms. The van der Waals surface area contributed by atoms with Gasteiger partial charge in [0.05, 0.1) is 17.1 Å². The van der Waals surface area contributed by atoms with E-state index in [2.05, 4.69) is 9.62 Å². The number of nitrogens with zero attached hydrogens (tertiary/aromatic N) is 1. The molecule has 0 bridgehead atoms. The van der Waals surface area contributed by atoms with Crippen molar-refractivity contribution in [3.05, 3.63) is 29.8 Å². The first-order valence-corrected chi connectivity index (χ1v) is 11.1. The normalized spacial score (nSPS) is 24.2. The van der Waals surface area contributed by atoms with Crippen LogP contribution in [0.3, 0.4) is 0 Å². The van der Waals surface area contributed by atoms with Crippen molar-refractivity contribution in [1.29, 1.82) is 0 Å². The minimum atomic E-state index is -3.44. The van der Waals surface area contributed by atoms with E-state index in [0.717, 1.165) is 37.8 Å². The van der Waals surface area contributed by atoms with Crippen LogP contribution in [0.1, 0.15) is 31.2 Å². The molecule has 3 atom stereocenters. The van der Waals surface area contributed by atoms with E-state index in [1.807, 2.05) is 6.92 Å². The fourth-order valence-corrected chi connectivity index (χ4v) is 4.44. The predicted molar refractivity (Wildman–Crippen MR) is 104 cm³/mol. The Kier molecular flexibility index (Phi) is 8.65. The van der Waals surface area contributed by atoms with Crippen molar-refractivity contribution in [2.24, 2.45) is 5.92 Å². The number of unbranched alkanes of at least 4 members (excludes halogenated alkanes) is 3. The SMILES string of the molecule is Cc1ccc(S(=O)(=O)NCCCCCCN2C[C@H](CO)[C@@H](O)[C@H](O)C2)cc1. The Balaban J connectivity index is 1.60. The minimum absolute atomic E-state index is 0.129. The molecule has 154 valence electrons. The quantitative estimate of drug-likeness (QED) is 0.425. The second kappa shape index (κ2) is 10.5. The lowest BCUT2D eigenvalue weighted by atomic mass is 9.93. The third kappa shape index (κ3) is 6.81. The number of nitrogens with one attached hydrogen (secondary N) is 1. The summed E-state index contributed by atoms with van der Waals surface area (Å²) in [6.07, 6.45) is 1.92. The second-order valence-corrected chi connectivity index (χ2v) is 9.15. The van der Waals surface area contributed by atoms with E-state index >= 15 is 0 Å². The fourth-order valence-electron chi connectivity index (χ4n) is 3.37. The zero-order chi connectivity index (χ0) is 19.9. The lowest BCUT2D eigenvalue weighted by molar-refractivity contribution is -0.0861. The summed E-state index contributed by atoms with van der Waals surface area (Å²) in [5.74, 6) is -0.301. The number of aliphatic hydroxyl groups excluding tert-OH is 3. The van der Waals surface area contributed by atoms with Crippen molar-refractivity contribution in [3.8, 4) is 0 Å². The van der Waals surface area contributed by atoms with Crippen molar-refractivity contribution in [2.75, 3.05) is 32.8 Å². The topological polar surface area (TPSA) is 110 Å². The van der Waals surface area contributed by atoms with Crippen molar-refractivity contribution in [2.45, 2.75) is 49.7 Å². The third-order valence-corrected chi connectivity index (χ3v) is 6.55. The molecule has 0 radical (unpaired) electrons. The van der Waals surface area contributed by atoms with Crippen LogP contribution < -0.4 is 4.72 Å². The molecule has 8 heteroatoms. The average Bonchev–Trinajstić information content (AvgIpc) is 2.64. The maximum atomic E-state index is 12.2. The highest BCUT2D eigenvalue weighted by atomic mass is 32.2. The lowest BCUT2D eigenvalue weighted by Gasteiger charge is -2.38. The first-order chi connectivity index (χ1) is 12.8. The number of hydrogen-bond donors (Lipinski definition) is 4. The van der Waals surface area contributed by atoms with Gasteiger partial charge >= 0.3 is 0 Å². The van der Waals surface area contributed by atoms with Gasteiger partial charge < -0.3 is 20.2 Å². The zero-order valence-corrected chi connectivity index (χ0v) is 16.7. The molecule has 0 aliphatic carbocycles. The molecule has 1 aliphatic heterocycles. The smallest absolute Gasteiger partial charge is 0.240 e. The number of aryl methyl sites for hydroxylation is 1. The van der Waals surface area contributed by atoms with Gasteiger partial charge in [-0.25, -0.2) is 13.1 Å². The van der Waals surface area contributed by atoms with Gasteiger partial charge in [-0.2, -0.15) is 0 Å². The highest BCUT2D eigenvalue weighted by molar-refractivity contribution is 7.89. The molecular formula is C19H32N2O5S. The molecule has 0 aromatic heterocycles. The number of rotatable bonds is 10. The Morgan fingerprint density at radius 1 is 1.07 bits per heavy atom. The van der Waals surface area contributed by atoms with Crippen LogP contribution >= 0.6 is 0 Å². The zero-order valence-electron chi connectivity index (χ0n) is 15.9. The number of benzene rings is 1. The summed E-state index contributed by atoms with van der Waals surface area (Å²) in [5.41, 5.74) is 1.02. The summed E-state index contributed by atoms with van der Waals surface area (Å²) < 4.78 is 27.0. The Morgan fingerprint density at radius 2 is 1.74 bits per heavy atom. The van der Waals surface area contributed by atoms with Crippen molar-refractivity contribution in [3.63, 3.8) is 0 Å². The van der Waals surface area contributed by atoms with Gasteiger partial charge in [-0.3, -0.25) is 0 Å². The first kappa shape index (κ1) is 22.3. The van der Waals surface area contributed by atoms with Crippen LogP contribution in [0.4, 0.5) is 0 Å². The van der Waals surface area contributed by atoms with E-state index in [1.165, 1.54) is 0 Å². The molecule has 1 aliphatic rings. The van der Waals surface area contributed by atoms with Crippen LogP contribution in [0.25, 0.3) is 0 Å². The Bertz CT molecular complexity index is 665. The highest BCUT2D eigenvalue weighted by Crippen LogP contribution is 2.18. The van der Waals surface area contributed by atoms with Crippen molar-refractivity contribution < 1.29 is 23.7 Å². The molecule has 0 unspecified atom stereocenters. The number of hydrogen-bond acceptors (Lipinski definition) is 6. The average molecular weight is 401 g/mol. The van der Waals surface area contributed by atoms with Crippen LogP contribution in [-0.2, 0) is 10.0 Å². The predicted octanol–water partition coefficient (Wildman–Crippen LogP) is 0.480. The number of β-amino-alcohol motifs (C(OH)–C–C–N with tert-alkyl or cyclic N) is 1. The maximum Gasteiger partial charge on any atom is 0.240 e. The summed E-state index contributed by atoms with van der Waals surface area (Å²) in [5, 5.41) is 28.9. The van der Waals surface area contributed by atoms with Gasteiger partial charge in [0.15, 0.2) is 0 Å². The summed E-state index contributed by atoms with van der Waals surface area (Å²) in [6.45, 7) is 4.02. The monoisotopic (exact) mass is 400 g/mol. The number of likely N-dealkylation sites (tertiary alicyclic amines) is 1. The van der Waals surface area contributed by atoms with E-state index in [0.29, 0.717) is 19.6 Å². The molecular weight excluding hydrogens is 368 g/mol. The van der Waals surface area contributed by atoms with Crippen LogP contribution in [0, 0.1) is 12.8 Å². The standard InChI is InChI=1S/C19H32N2O5S/c1-15-6-8-17(9-7-15)27(25,26)20-10-4-2-3-5-11-21-12-16(14-22)19(24)18(23)13-21/h6-9,16,18-20,22-24H,2-5,10-14H2,1H3/t16-,18-,19-/m1/s1. The van der Waals surface area contributed by atoms with Gasteiger partial charge in [0.2, 0.25) is 10.0 Å². The molecule has 0 amide bonds. The molecule has 4 N–H and O–H groups in total. The Morgan fingerprint density at radius 3 is 2.41 bits per heavy atom. The Labute approximate surface area is 162 Å². The molecule has 2 rings (SSSR count). The van der Waals surface area contributed by atoms with Gasteiger partial charge in [0.25, 0.3) is 0 Å². The van der Waals surface area contributed by atoms with E-state index in [1.54, 1.807) is 24.3 Å². The van der Waals surface area contributed by atoms with Gasteiger partial charge in [-0.1, -0.05) is 30.5 Å². The third-order valence-electron chi connectivity index (χ3n) is 5.07. The lowest BCUT2D eigenvalue weighted by Crippen LogP contribution is -2.53. The van der Waals surface area contributed by atoms with Gasteiger partial charge in [0, 0.05) is 32.2 Å². The van der Waals surface area contributed by atoms with Crippen LogP contribution in [0.2, 0.25) is 0 Å². The van der Waals surface area contributed by atoms with Crippen molar-refractivity contribution in [1.82, 2.24) is 9.62 Å². The van der Waals surface area contributed by atoms with Crippen molar-refractivity contribution >= 4 is 10.0 Å². The van der Waals surface area contributed by atoms with Gasteiger partial charge in [-0.05, 0) is 38.4 Å². The second-order valence-electron chi connectivity index (χ2n) is 7.39. The Hall–Kier alpha value is -1.03. The molecule has 0 spiro atoms. The molecule has 1 aromatic rings. The largest absolute Gasteiger partial charge is 0.396 e. The summed E-state index contributed by atoms with van der Waals surface area (Å²) >= 11 is 0.